The van der Waals surface area contributed by atoms with Crippen molar-refractivity contribution in [1.82, 2.24) is 10.6 Å². The van der Waals surface area contributed by atoms with Gasteiger partial charge in [-0.05, 0) is 25.7 Å². The fourth-order valence-corrected chi connectivity index (χ4v) is 3.04. The summed E-state index contributed by atoms with van der Waals surface area (Å²) in [7, 11) is 0. The zero-order valence-electron chi connectivity index (χ0n) is 14.8. The molecule has 0 bridgehead atoms. The molecule has 1 unspecified atom stereocenters. The summed E-state index contributed by atoms with van der Waals surface area (Å²) < 4.78 is 0. The van der Waals surface area contributed by atoms with Crippen LogP contribution in [0.15, 0.2) is 0 Å². The zero-order chi connectivity index (χ0) is 18.3. The lowest BCUT2D eigenvalue weighted by atomic mass is 9.63. The lowest BCUT2D eigenvalue weighted by molar-refractivity contribution is -0.151. The molecule has 1 aliphatic carbocycles. The summed E-state index contributed by atoms with van der Waals surface area (Å²) in [5.41, 5.74) is 4.03. The van der Waals surface area contributed by atoms with Crippen molar-refractivity contribution in [2.24, 2.45) is 17.1 Å². The number of hydrogen-bond donors (Lipinski definition) is 3. The third-order valence-corrected chi connectivity index (χ3v) is 4.65. The lowest BCUT2D eigenvalue weighted by Gasteiger charge is -2.40. The van der Waals surface area contributed by atoms with Crippen LogP contribution in [0.2, 0.25) is 0 Å². The van der Waals surface area contributed by atoms with E-state index in [1.54, 1.807) is 20.8 Å². The quantitative estimate of drug-likeness (QED) is 0.410. The molecule has 1 fully saturated rings. The van der Waals surface area contributed by atoms with E-state index in [-0.39, 0.29) is 23.4 Å². The predicted molar refractivity (Wildman–Crippen MR) is 90.2 cm³/mol. The van der Waals surface area contributed by atoms with Crippen LogP contribution in [0.1, 0.15) is 59.3 Å². The molecule has 3 amide bonds. The molecule has 136 valence electrons. The van der Waals surface area contributed by atoms with Crippen LogP contribution in [0, 0.1) is 11.3 Å². The standard InChI is InChI=1S/C17H29N3O4/c1-4-13(21)12(7-5-10-19-16(18)24)20-15(23)17(8-6-9-17)14(22)11(2)3/h11-12H,4-10H2,1-3H3,(H,20,23)(H3,18,19,24). The van der Waals surface area contributed by atoms with Crippen LogP contribution < -0.4 is 16.4 Å². The Bertz CT molecular complexity index is 498. The monoisotopic (exact) mass is 339 g/mol. The van der Waals surface area contributed by atoms with Crippen molar-refractivity contribution in [3.8, 4) is 0 Å². The summed E-state index contributed by atoms with van der Waals surface area (Å²) in [6, 6.07) is -1.25. The molecule has 7 heteroatoms. The second-order valence-electron chi connectivity index (χ2n) is 6.73. The molecule has 0 heterocycles. The Morgan fingerprint density at radius 2 is 1.79 bits per heavy atom. The number of Topliss-reactive ketones (excluding diaryl/α,β-unsaturated/α-hetero) is 2. The molecule has 7 nitrogen and oxygen atoms in total. The Hall–Kier alpha value is -1.92. The molecule has 0 saturated heterocycles. The highest BCUT2D eigenvalue weighted by atomic mass is 16.2. The van der Waals surface area contributed by atoms with Gasteiger partial charge >= 0.3 is 6.03 Å². The van der Waals surface area contributed by atoms with Gasteiger partial charge in [0, 0.05) is 18.9 Å². The van der Waals surface area contributed by atoms with Gasteiger partial charge in [-0.25, -0.2) is 4.79 Å². The molecule has 0 aromatic rings. The molecule has 4 N–H and O–H groups in total. The average Bonchev–Trinajstić information content (AvgIpc) is 2.47. The molecule has 0 aromatic carbocycles. The second kappa shape index (κ2) is 8.80. The van der Waals surface area contributed by atoms with Gasteiger partial charge in [-0.3, -0.25) is 14.4 Å². The minimum Gasteiger partial charge on any atom is -0.352 e. The number of hydrogen-bond acceptors (Lipinski definition) is 4. The van der Waals surface area contributed by atoms with Gasteiger partial charge in [0.05, 0.1) is 6.04 Å². The van der Waals surface area contributed by atoms with Crippen molar-refractivity contribution >= 4 is 23.5 Å². The lowest BCUT2D eigenvalue weighted by Crippen LogP contribution is -2.56. The Labute approximate surface area is 143 Å². The zero-order valence-corrected chi connectivity index (χ0v) is 14.8. The fraction of sp³-hybridized carbons (Fsp3) is 0.765. The number of carbonyl (C=O) groups is 4. The van der Waals surface area contributed by atoms with E-state index in [1.165, 1.54) is 0 Å². The van der Waals surface area contributed by atoms with Gasteiger partial charge in [-0.2, -0.15) is 0 Å². The van der Waals surface area contributed by atoms with E-state index in [2.05, 4.69) is 10.6 Å². The van der Waals surface area contributed by atoms with Crippen LogP contribution in [-0.2, 0) is 14.4 Å². The van der Waals surface area contributed by atoms with E-state index in [0.29, 0.717) is 38.6 Å². The average molecular weight is 339 g/mol. The Kier molecular flexibility index (Phi) is 7.38. The second-order valence-corrected chi connectivity index (χ2v) is 6.73. The minimum absolute atomic E-state index is 0.0515. The molecular formula is C17H29N3O4. The van der Waals surface area contributed by atoms with Gasteiger partial charge in [-0.1, -0.05) is 27.2 Å². The van der Waals surface area contributed by atoms with Crippen LogP contribution in [-0.4, -0.2) is 36.1 Å². The molecule has 1 saturated carbocycles. The van der Waals surface area contributed by atoms with Crippen LogP contribution in [0.3, 0.4) is 0 Å². The highest BCUT2D eigenvalue weighted by Crippen LogP contribution is 2.43. The number of carbonyl (C=O) groups excluding carboxylic acids is 4. The summed E-state index contributed by atoms with van der Waals surface area (Å²) >= 11 is 0. The van der Waals surface area contributed by atoms with Crippen molar-refractivity contribution in [2.45, 2.75) is 65.3 Å². The number of rotatable bonds is 10. The van der Waals surface area contributed by atoms with Gasteiger partial charge in [0.25, 0.3) is 0 Å². The largest absolute Gasteiger partial charge is 0.352 e. The fourth-order valence-electron chi connectivity index (χ4n) is 3.04. The summed E-state index contributed by atoms with van der Waals surface area (Å²) in [6.07, 6.45) is 3.17. The van der Waals surface area contributed by atoms with E-state index in [9.17, 15) is 19.2 Å². The molecule has 1 aliphatic rings. The maximum absolute atomic E-state index is 12.7. The van der Waals surface area contributed by atoms with Gasteiger partial charge < -0.3 is 16.4 Å². The first-order valence-electron chi connectivity index (χ1n) is 8.66. The van der Waals surface area contributed by atoms with Crippen LogP contribution >= 0.6 is 0 Å². The van der Waals surface area contributed by atoms with Gasteiger partial charge in [0.1, 0.15) is 5.41 Å². The molecular weight excluding hydrogens is 310 g/mol. The number of nitrogens with two attached hydrogens (primary N) is 1. The molecule has 24 heavy (non-hydrogen) atoms. The normalized spacial score (nSPS) is 16.8. The van der Waals surface area contributed by atoms with E-state index >= 15 is 0 Å². The van der Waals surface area contributed by atoms with E-state index in [0.717, 1.165) is 6.42 Å². The van der Waals surface area contributed by atoms with Crippen LogP contribution in [0.4, 0.5) is 4.79 Å². The maximum atomic E-state index is 12.7. The van der Waals surface area contributed by atoms with Crippen molar-refractivity contribution in [1.29, 1.82) is 0 Å². The van der Waals surface area contributed by atoms with Crippen LogP contribution in [0.25, 0.3) is 0 Å². The highest BCUT2D eigenvalue weighted by Gasteiger charge is 2.51. The number of amides is 3. The SMILES string of the molecule is CCC(=O)C(CCCNC(N)=O)NC(=O)C1(C(=O)C(C)C)CCC1. The first kappa shape index (κ1) is 20.1. The Balaban J connectivity index is 2.71. The minimum atomic E-state index is -0.966. The highest BCUT2D eigenvalue weighted by molar-refractivity contribution is 6.08. The first-order chi connectivity index (χ1) is 11.2. The number of urea groups is 1. The van der Waals surface area contributed by atoms with Crippen molar-refractivity contribution in [2.75, 3.05) is 6.54 Å². The maximum Gasteiger partial charge on any atom is 0.312 e. The molecule has 0 spiro atoms. The number of ketones is 2. The summed E-state index contributed by atoms with van der Waals surface area (Å²) in [6.45, 7) is 5.66. The molecule has 1 rings (SSSR count). The van der Waals surface area contributed by atoms with E-state index < -0.39 is 17.5 Å². The summed E-state index contributed by atoms with van der Waals surface area (Å²) in [5, 5.41) is 5.24. The topological polar surface area (TPSA) is 118 Å². The van der Waals surface area contributed by atoms with Gasteiger partial charge in [-0.15, -0.1) is 0 Å². The van der Waals surface area contributed by atoms with Crippen molar-refractivity contribution < 1.29 is 19.2 Å². The van der Waals surface area contributed by atoms with Gasteiger partial charge in [0.2, 0.25) is 5.91 Å². The first-order valence-corrected chi connectivity index (χ1v) is 8.66. The third kappa shape index (κ3) is 4.79. The Morgan fingerprint density at radius 3 is 2.21 bits per heavy atom. The van der Waals surface area contributed by atoms with Crippen molar-refractivity contribution in [3.63, 3.8) is 0 Å². The van der Waals surface area contributed by atoms with Crippen LogP contribution in [0.5, 0.6) is 0 Å². The van der Waals surface area contributed by atoms with E-state index in [4.69, 9.17) is 5.73 Å². The molecule has 1 atom stereocenters. The van der Waals surface area contributed by atoms with E-state index in [1.807, 2.05) is 0 Å². The molecule has 0 aliphatic heterocycles. The number of primary amides is 1. The van der Waals surface area contributed by atoms with Gasteiger partial charge in [0.15, 0.2) is 11.6 Å². The number of nitrogens with one attached hydrogen (secondary N) is 2. The summed E-state index contributed by atoms with van der Waals surface area (Å²) in [5.74, 6) is -0.670. The molecule has 0 aromatic heterocycles. The predicted octanol–water partition coefficient (Wildman–Crippen LogP) is 1.29. The Morgan fingerprint density at radius 1 is 1.17 bits per heavy atom. The van der Waals surface area contributed by atoms with Crippen molar-refractivity contribution in [3.05, 3.63) is 0 Å². The third-order valence-electron chi connectivity index (χ3n) is 4.65. The molecule has 0 radical (unpaired) electrons. The summed E-state index contributed by atoms with van der Waals surface area (Å²) in [4.78, 5) is 47.9. The smallest absolute Gasteiger partial charge is 0.312 e.